The predicted molar refractivity (Wildman–Crippen MR) is 52.6 cm³/mol. The lowest BCUT2D eigenvalue weighted by Gasteiger charge is -1.89. The van der Waals surface area contributed by atoms with Gasteiger partial charge in [0.1, 0.15) is 17.2 Å². The van der Waals surface area contributed by atoms with E-state index < -0.39 is 0 Å². The highest BCUT2D eigenvalue weighted by Crippen LogP contribution is 2.19. The number of hydrogen-bond donors (Lipinski definition) is 2. The number of fused-ring (bicyclic) bond motifs is 1. The van der Waals surface area contributed by atoms with E-state index in [0.29, 0.717) is 21.9 Å². The third-order valence-corrected chi connectivity index (χ3v) is 1.91. The van der Waals surface area contributed by atoms with Gasteiger partial charge >= 0.3 is 0 Å². The van der Waals surface area contributed by atoms with Crippen LogP contribution in [-0.4, -0.2) is 26.7 Å². The van der Waals surface area contributed by atoms with E-state index in [9.17, 15) is 0 Å². The molecule has 0 bridgehead atoms. The van der Waals surface area contributed by atoms with Crippen LogP contribution in [0.5, 0.6) is 0 Å². The summed E-state index contributed by atoms with van der Waals surface area (Å²) in [6.07, 6.45) is 1.35. The number of nitrogens with zero attached hydrogens (tertiary/aromatic N) is 3. The van der Waals surface area contributed by atoms with Crippen molar-refractivity contribution in [2.75, 3.05) is 6.54 Å². The molecule has 5 nitrogen and oxygen atoms in total. The topological polar surface area (TPSA) is 80.5 Å². The predicted octanol–water partition coefficient (Wildman–Crippen LogP) is 0.316. The fourth-order valence-electron chi connectivity index (χ4n) is 1.05. The van der Waals surface area contributed by atoms with Gasteiger partial charge in [-0.05, 0) is 5.92 Å². The number of aromatic nitrogens is 4. The lowest BCUT2D eigenvalue weighted by Crippen LogP contribution is -1.93. The largest absolute Gasteiger partial charge is 0.320 e. The standard InChI is InChI=1S/C8H6ClN5/c9-7-6-5(2-1-3-10)13-14-8(6)12-4-11-7/h4H,3,10H2,(H,11,12,13,14). The van der Waals surface area contributed by atoms with Crippen LogP contribution in [0.3, 0.4) is 0 Å². The molecule has 0 aliphatic carbocycles. The first kappa shape index (κ1) is 8.94. The highest BCUT2D eigenvalue weighted by atomic mass is 35.5. The van der Waals surface area contributed by atoms with Crippen LogP contribution in [0, 0.1) is 11.8 Å². The Morgan fingerprint density at radius 1 is 1.50 bits per heavy atom. The maximum absolute atomic E-state index is 5.87. The molecule has 2 aromatic rings. The lowest BCUT2D eigenvalue weighted by atomic mass is 10.3. The Morgan fingerprint density at radius 2 is 2.36 bits per heavy atom. The van der Waals surface area contributed by atoms with Gasteiger partial charge in [0.2, 0.25) is 0 Å². The van der Waals surface area contributed by atoms with Crippen LogP contribution in [0.2, 0.25) is 5.15 Å². The van der Waals surface area contributed by atoms with Crippen molar-refractivity contribution in [2.24, 2.45) is 5.73 Å². The van der Waals surface area contributed by atoms with E-state index in [1.54, 1.807) is 0 Å². The third kappa shape index (κ3) is 1.41. The van der Waals surface area contributed by atoms with Gasteiger partial charge in [0.15, 0.2) is 5.65 Å². The number of H-pyrrole nitrogens is 1. The molecule has 0 atom stereocenters. The molecule has 2 aromatic heterocycles. The molecule has 6 heteroatoms. The molecule has 0 fully saturated rings. The summed E-state index contributed by atoms with van der Waals surface area (Å²) in [5.41, 5.74) is 6.35. The third-order valence-electron chi connectivity index (χ3n) is 1.62. The molecule has 0 saturated carbocycles. The minimum absolute atomic E-state index is 0.284. The van der Waals surface area contributed by atoms with E-state index in [1.165, 1.54) is 6.33 Å². The molecular formula is C8H6ClN5. The summed E-state index contributed by atoms with van der Waals surface area (Å²) in [6.45, 7) is 0.284. The van der Waals surface area contributed by atoms with Crippen molar-refractivity contribution in [3.05, 3.63) is 17.2 Å². The second-order valence-corrected chi connectivity index (χ2v) is 2.83. The van der Waals surface area contributed by atoms with Crippen molar-refractivity contribution < 1.29 is 0 Å². The first-order chi connectivity index (χ1) is 6.83. The summed E-state index contributed by atoms with van der Waals surface area (Å²) >= 11 is 5.87. The molecule has 70 valence electrons. The van der Waals surface area contributed by atoms with E-state index in [0.717, 1.165) is 0 Å². The summed E-state index contributed by atoms with van der Waals surface area (Å²) in [5, 5.41) is 7.62. The van der Waals surface area contributed by atoms with Gasteiger partial charge in [0, 0.05) is 0 Å². The second-order valence-electron chi connectivity index (χ2n) is 2.47. The summed E-state index contributed by atoms with van der Waals surface area (Å²) in [7, 11) is 0. The Bertz CT molecular complexity index is 521. The Hall–Kier alpha value is -1.64. The number of rotatable bonds is 0. The number of nitrogens with two attached hydrogens (primary N) is 1. The van der Waals surface area contributed by atoms with E-state index >= 15 is 0 Å². The molecule has 0 aromatic carbocycles. The molecule has 2 heterocycles. The minimum Gasteiger partial charge on any atom is -0.320 e. The van der Waals surface area contributed by atoms with E-state index in [2.05, 4.69) is 32.0 Å². The smallest absolute Gasteiger partial charge is 0.186 e. The second kappa shape index (κ2) is 3.62. The van der Waals surface area contributed by atoms with Crippen molar-refractivity contribution in [3.8, 4) is 11.8 Å². The molecule has 0 unspecified atom stereocenters. The molecular weight excluding hydrogens is 202 g/mol. The van der Waals surface area contributed by atoms with Gasteiger partial charge in [-0.25, -0.2) is 9.97 Å². The number of nitrogens with one attached hydrogen (secondary N) is 1. The molecule has 0 aliphatic heterocycles. The average Bonchev–Trinajstić information content (AvgIpc) is 2.59. The van der Waals surface area contributed by atoms with Crippen molar-refractivity contribution in [1.29, 1.82) is 0 Å². The molecule has 0 saturated heterocycles. The van der Waals surface area contributed by atoms with Gasteiger partial charge in [-0.15, -0.1) is 0 Å². The number of aromatic amines is 1. The molecule has 2 rings (SSSR count). The normalized spacial score (nSPS) is 9.86. The van der Waals surface area contributed by atoms with Crippen LogP contribution in [0.15, 0.2) is 6.33 Å². The Morgan fingerprint density at radius 3 is 3.14 bits per heavy atom. The monoisotopic (exact) mass is 207 g/mol. The summed E-state index contributed by atoms with van der Waals surface area (Å²) in [5.74, 6) is 5.51. The summed E-state index contributed by atoms with van der Waals surface area (Å²) in [6, 6.07) is 0. The number of halogens is 1. The first-order valence-corrected chi connectivity index (χ1v) is 4.24. The molecule has 0 aliphatic rings. The highest BCUT2D eigenvalue weighted by molar-refractivity contribution is 6.34. The van der Waals surface area contributed by atoms with Crippen molar-refractivity contribution in [3.63, 3.8) is 0 Å². The maximum atomic E-state index is 5.87. The Kier molecular flexibility index (Phi) is 2.31. The van der Waals surface area contributed by atoms with Crippen LogP contribution in [0.25, 0.3) is 11.0 Å². The number of hydrogen-bond acceptors (Lipinski definition) is 4. The minimum atomic E-state index is 0.284. The van der Waals surface area contributed by atoms with Gasteiger partial charge in [0.25, 0.3) is 0 Å². The summed E-state index contributed by atoms with van der Waals surface area (Å²) in [4.78, 5) is 7.78. The molecule has 0 amide bonds. The summed E-state index contributed by atoms with van der Waals surface area (Å²) < 4.78 is 0. The van der Waals surface area contributed by atoms with Crippen LogP contribution >= 0.6 is 11.6 Å². The quantitative estimate of drug-likeness (QED) is 0.482. The zero-order valence-electron chi connectivity index (χ0n) is 7.08. The fraction of sp³-hybridized carbons (Fsp3) is 0.125. The molecule has 0 spiro atoms. The van der Waals surface area contributed by atoms with Crippen molar-refractivity contribution in [2.45, 2.75) is 0 Å². The van der Waals surface area contributed by atoms with E-state index in [1.807, 2.05) is 0 Å². The zero-order chi connectivity index (χ0) is 9.97. The Labute approximate surface area is 84.7 Å². The first-order valence-electron chi connectivity index (χ1n) is 3.86. The zero-order valence-corrected chi connectivity index (χ0v) is 7.84. The molecule has 3 N–H and O–H groups in total. The fourth-order valence-corrected chi connectivity index (χ4v) is 1.27. The van der Waals surface area contributed by atoms with Gasteiger partial charge in [-0.2, -0.15) is 5.10 Å². The van der Waals surface area contributed by atoms with Gasteiger partial charge in [-0.3, -0.25) is 5.10 Å². The highest BCUT2D eigenvalue weighted by Gasteiger charge is 2.08. The molecule has 0 radical (unpaired) electrons. The SMILES string of the molecule is NCC#Cc1[nH]nc2ncnc(Cl)c12. The van der Waals surface area contributed by atoms with Crippen LogP contribution < -0.4 is 5.73 Å². The lowest BCUT2D eigenvalue weighted by molar-refractivity contribution is 1.08. The molecule has 14 heavy (non-hydrogen) atoms. The van der Waals surface area contributed by atoms with Crippen LogP contribution in [0.4, 0.5) is 0 Å². The van der Waals surface area contributed by atoms with E-state index in [-0.39, 0.29) is 6.54 Å². The van der Waals surface area contributed by atoms with Gasteiger partial charge in [-0.1, -0.05) is 17.5 Å². The van der Waals surface area contributed by atoms with E-state index in [4.69, 9.17) is 17.3 Å². The van der Waals surface area contributed by atoms with Gasteiger partial charge < -0.3 is 5.73 Å². The van der Waals surface area contributed by atoms with Crippen LogP contribution in [-0.2, 0) is 0 Å². The Balaban J connectivity index is 2.67. The van der Waals surface area contributed by atoms with Crippen molar-refractivity contribution in [1.82, 2.24) is 20.2 Å². The average molecular weight is 208 g/mol. The van der Waals surface area contributed by atoms with Gasteiger partial charge in [0.05, 0.1) is 11.9 Å². The van der Waals surface area contributed by atoms with Crippen molar-refractivity contribution >= 4 is 22.6 Å². The van der Waals surface area contributed by atoms with Crippen LogP contribution in [0.1, 0.15) is 5.69 Å². The maximum Gasteiger partial charge on any atom is 0.186 e.